The highest BCUT2D eigenvalue weighted by Gasteiger charge is 2.16. The highest BCUT2D eigenvalue weighted by molar-refractivity contribution is 6.38. The zero-order chi connectivity index (χ0) is 14.0. The van der Waals surface area contributed by atoms with Crippen LogP contribution >= 0.6 is 34.8 Å². The van der Waals surface area contributed by atoms with E-state index in [2.05, 4.69) is 15.3 Å². The summed E-state index contributed by atoms with van der Waals surface area (Å²) < 4.78 is 1.71. The van der Waals surface area contributed by atoms with Gasteiger partial charge in [0.1, 0.15) is 17.7 Å². The third-order valence-corrected chi connectivity index (χ3v) is 3.21. The number of hydrogen-bond donors (Lipinski definition) is 1. The van der Waals surface area contributed by atoms with Gasteiger partial charge in [-0.05, 0) is 13.0 Å². The number of aryl methyl sites for hydroxylation is 1. The van der Waals surface area contributed by atoms with Crippen LogP contribution in [0.1, 0.15) is 17.4 Å². The quantitative estimate of drug-likeness (QED) is 0.881. The van der Waals surface area contributed by atoms with Gasteiger partial charge in [0.05, 0.1) is 5.02 Å². The van der Waals surface area contributed by atoms with Crippen LogP contribution in [0, 0.1) is 0 Å². The minimum Gasteiger partial charge on any atom is -0.342 e. The average Bonchev–Trinajstić information content (AvgIpc) is 2.75. The van der Waals surface area contributed by atoms with Crippen molar-refractivity contribution in [1.82, 2.24) is 14.5 Å². The molecule has 1 N–H and O–H groups in total. The van der Waals surface area contributed by atoms with Gasteiger partial charge >= 0.3 is 0 Å². The second kappa shape index (κ2) is 5.77. The fourth-order valence-corrected chi connectivity index (χ4v) is 2.18. The maximum Gasteiger partial charge on any atom is 0.272 e. The molecule has 0 saturated carbocycles. The first-order chi connectivity index (χ1) is 9.02. The minimum absolute atomic E-state index is 0.0778. The number of nitrogens with zero attached hydrogens (tertiary/aromatic N) is 3. The molecular weight excluding hydrogens is 311 g/mol. The van der Waals surface area contributed by atoms with Gasteiger partial charge in [0.2, 0.25) is 0 Å². The minimum atomic E-state index is -0.382. The largest absolute Gasteiger partial charge is 0.342 e. The molecule has 0 saturated heterocycles. The highest BCUT2D eigenvalue weighted by atomic mass is 35.5. The molecule has 5 nitrogen and oxygen atoms in total. The van der Waals surface area contributed by atoms with Gasteiger partial charge in [-0.15, -0.1) is 0 Å². The van der Waals surface area contributed by atoms with Gasteiger partial charge in [-0.1, -0.05) is 34.8 Å². The molecule has 2 rings (SSSR count). The van der Waals surface area contributed by atoms with Crippen molar-refractivity contribution in [2.75, 3.05) is 5.32 Å². The Kier molecular flexibility index (Phi) is 4.29. The number of carbonyl (C=O) groups is 1. The van der Waals surface area contributed by atoms with Crippen molar-refractivity contribution in [3.63, 3.8) is 0 Å². The molecule has 0 aromatic carbocycles. The van der Waals surface area contributed by atoms with Crippen LogP contribution in [0.5, 0.6) is 0 Å². The van der Waals surface area contributed by atoms with E-state index in [-0.39, 0.29) is 21.9 Å². The van der Waals surface area contributed by atoms with Crippen molar-refractivity contribution >= 4 is 46.4 Å². The fraction of sp³-hybridized carbons (Fsp3) is 0.182. The summed E-state index contributed by atoms with van der Waals surface area (Å²) in [5.41, 5.74) is 0.583. The summed E-state index contributed by atoms with van der Waals surface area (Å²) in [6.07, 6.45) is 2.88. The highest BCUT2D eigenvalue weighted by Crippen LogP contribution is 2.26. The third-order valence-electron chi connectivity index (χ3n) is 2.43. The van der Waals surface area contributed by atoms with Crippen molar-refractivity contribution < 1.29 is 4.79 Å². The van der Waals surface area contributed by atoms with Gasteiger partial charge < -0.3 is 9.88 Å². The molecule has 0 bridgehead atoms. The molecule has 0 atom stereocenters. The molecule has 0 radical (unpaired) electrons. The lowest BCUT2D eigenvalue weighted by molar-refractivity contribution is 0.101. The summed E-state index contributed by atoms with van der Waals surface area (Å²) in [5.74, 6) is -0.382. The van der Waals surface area contributed by atoms with E-state index in [4.69, 9.17) is 34.8 Å². The molecule has 8 heteroatoms. The number of aromatic nitrogens is 3. The third kappa shape index (κ3) is 3.00. The van der Waals surface area contributed by atoms with Crippen LogP contribution in [0.2, 0.25) is 15.3 Å². The van der Waals surface area contributed by atoms with Crippen LogP contribution in [0.15, 0.2) is 18.6 Å². The lowest BCUT2D eigenvalue weighted by Crippen LogP contribution is -2.17. The lowest BCUT2D eigenvalue weighted by atomic mass is 10.3. The first-order valence-electron chi connectivity index (χ1n) is 5.36. The Bertz CT molecular complexity index is 606. The molecule has 2 aromatic heterocycles. The smallest absolute Gasteiger partial charge is 0.272 e. The first-order valence-corrected chi connectivity index (χ1v) is 6.49. The summed E-state index contributed by atoms with van der Waals surface area (Å²) in [6.45, 7) is 2.51. The predicted octanol–water partition coefficient (Wildman–Crippen LogP) is 3.51. The van der Waals surface area contributed by atoms with Gasteiger partial charge in [0, 0.05) is 12.7 Å². The average molecular weight is 320 g/mol. The van der Waals surface area contributed by atoms with Crippen molar-refractivity contribution in [3.8, 4) is 0 Å². The van der Waals surface area contributed by atoms with E-state index >= 15 is 0 Å². The SMILES string of the molecule is CCn1cc(Cl)cc1C(=O)Nc1c(Cl)ncnc1Cl. The Balaban J connectivity index is 2.31. The summed E-state index contributed by atoms with van der Waals surface area (Å²) in [7, 11) is 0. The van der Waals surface area contributed by atoms with Crippen molar-refractivity contribution in [2.45, 2.75) is 13.5 Å². The van der Waals surface area contributed by atoms with Crippen LogP contribution in [-0.4, -0.2) is 20.4 Å². The molecule has 1 amide bonds. The van der Waals surface area contributed by atoms with E-state index in [1.807, 2.05) is 6.92 Å². The van der Waals surface area contributed by atoms with Gasteiger partial charge in [-0.3, -0.25) is 4.79 Å². The van der Waals surface area contributed by atoms with E-state index in [9.17, 15) is 4.79 Å². The molecule has 0 aliphatic heterocycles. The topological polar surface area (TPSA) is 59.8 Å². The van der Waals surface area contributed by atoms with Gasteiger partial charge in [-0.25, -0.2) is 9.97 Å². The molecule has 0 aliphatic carbocycles. The summed E-state index contributed by atoms with van der Waals surface area (Å²) in [6, 6.07) is 1.56. The Morgan fingerprint density at radius 2 is 1.95 bits per heavy atom. The van der Waals surface area contributed by atoms with Crippen LogP contribution < -0.4 is 5.32 Å². The number of carbonyl (C=O) groups excluding carboxylic acids is 1. The summed E-state index contributed by atoms with van der Waals surface area (Å²) >= 11 is 17.6. The Morgan fingerprint density at radius 3 is 2.53 bits per heavy atom. The van der Waals surface area contributed by atoms with Gasteiger partial charge in [0.15, 0.2) is 10.3 Å². The second-order valence-corrected chi connectivity index (χ2v) is 4.77. The molecule has 100 valence electrons. The molecule has 0 fully saturated rings. The Morgan fingerprint density at radius 1 is 1.32 bits per heavy atom. The number of halogens is 3. The van der Waals surface area contributed by atoms with Crippen LogP contribution in [0.3, 0.4) is 0 Å². The van der Waals surface area contributed by atoms with Crippen LogP contribution in [-0.2, 0) is 6.54 Å². The molecule has 0 unspecified atom stereocenters. The molecule has 0 spiro atoms. The summed E-state index contributed by atoms with van der Waals surface area (Å²) in [4.78, 5) is 19.7. The van der Waals surface area contributed by atoms with E-state index in [1.54, 1.807) is 16.8 Å². The monoisotopic (exact) mass is 318 g/mol. The number of hydrogen-bond acceptors (Lipinski definition) is 3. The van der Waals surface area contributed by atoms with Gasteiger partial charge in [0.25, 0.3) is 5.91 Å². The molecule has 0 aliphatic rings. The van der Waals surface area contributed by atoms with E-state index in [0.29, 0.717) is 17.3 Å². The van der Waals surface area contributed by atoms with Gasteiger partial charge in [-0.2, -0.15) is 0 Å². The maximum atomic E-state index is 12.1. The van der Waals surface area contributed by atoms with E-state index < -0.39 is 0 Å². The zero-order valence-electron chi connectivity index (χ0n) is 9.82. The molecule has 19 heavy (non-hydrogen) atoms. The lowest BCUT2D eigenvalue weighted by Gasteiger charge is -2.09. The standard InChI is InChI=1S/C11H9Cl3N4O/c1-2-18-4-6(12)3-7(18)11(19)17-8-9(13)15-5-16-10(8)14/h3-5H,2H2,1H3,(H,17,19). The van der Waals surface area contributed by atoms with Crippen LogP contribution in [0.4, 0.5) is 5.69 Å². The molecule has 2 aromatic rings. The molecular formula is C11H9Cl3N4O. The summed E-state index contributed by atoms with van der Waals surface area (Å²) in [5, 5.41) is 3.21. The fourth-order valence-electron chi connectivity index (χ4n) is 1.55. The second-order valence-electron chi connectivity index (χ2n) is 3.61. The number of amides is 1. The zero-order valence-corrected chi connectivity index (χ0v) is 12.1. The number of rotatable bonds is 3. The van der Waals surface area contributed by atoms with E-state index in [0.717, 1.165) is 0 Å². The van der Waals surface area contributed by atoms with Crippen molar-refractivity contribution in [3.05, 3.63) is 39.6 Å². The molecule has 2 heterocycles. The van der Waals surface area contributed by atoms with Crippen LogP contribution in [0.25, 0.3) is 0 Å². The Hall–Kier alpha value is -1.30. The predicted molar refractivity (Wildman–Crippen MR) is 75.1 cm³/mol. The van der Waals surface area contributed by atoms with Crippen molar-refractivity contribution in [2.24, 2.45) is 0 Å². The number of anilines is 1. The number of nitrogens with one attached hydrogen (secondary N) is 1. The van der Waals surface area contributed by atoms with Crippen molar-refractivity contribution in [1.29, 1.82) is 0 Å². The Labute approximate surface area is 124 Å². The maximum absolute atomic E-state index is 12.1. The van der Waals surface area contributed by atoms with E-state index in [1.165, 1.54) is 6.33 Å². The first kappa shape index (κ1) is 14.1. The normalized spacial score (nSPS) is 10.5.